The molecule has 27 heavy (non-hydrogen) atoms. The van der Waals surface area contributed by atoms with E-state index < -0.39 is 6.61 Å². The van der Waals surface area contributed by atoms with Gasteiger partial charge in [0.2, 0.25) is 5.91 Å². The minimum absolute atomic E-state index is 0.117. The number of hydrogen-bond acceptors (Lipinski definition) is 4. The first-order chi connectivity index (χ1) is 13.1. The van der Waals surface area contributed by atoms with Crippen molar-refractivity contribution in [2.45, 2.75) is 19.1 Å². The molecule has 0 bridgehead atoms. The van der Waals surface area contributed by atoms with Gasteiger partial charge in [0.15, 0.2) is 11.5 Å². The number of amides is 1. The number of rotatable bonds is 7. The van der Waals surface area contributed by atoms with Crippen molar-refractivity contribution in [1.82, 2.24) is 5.32 Å². The number of benzene rings is 2. The minimum Gasteiger partial charge on any atom is -0.493 e. The number of fused-ring (bicyclic) bond motifs is 1. The van der Waals surface area contributed by atoms with Gasteiger partial charge in [-0.1, -0.05) is 30.3 Å². The summed E-state index contributed by atoms with van der Waals surface area (Å²) in [6, 6.07) is 12.4. The number of methoxy groups -OCH3 is 1. The van der Waals surface area contributed by atoms with Crippen LogP contribution < -0.4 is 19.5 Å². The van der Waals surface area contributed by atoms with Crippen LogP contribution in [0, 0.1) is 0 Å². The van der Waals surface area contributed by atoms with Crippen LogP contribution in [0.5, 0.6) is 17.2 Å². The van der Waals surface area contributed by atoms with E-state index in [1.807, 2.05) is 24.3 Å². The lowest BCUT2D eigenvalue weighted by Crippen LogP contribution is -2.33. The summed E-state index contributed by atoms with van der Waals surface area (Å²) in [7, 11) is 1.35. The molecular weight excluding hydrogens is 356 g/mol. The quantitative estimate of drug-likeness (QED) is 0.754. The van der Waals surface area contributed by atoms with E-state index in [1.54, 1.807) is 12.1 Å². The maximum atomic E-state index is 12.6. The van der Waals surface area contributed by atoms with Gasteiger partial charge in [-0.25, -0.2) is 0 Å². The smallest absolute Gasteiger partial charge is 0.387 e. The zero-order valence-corrected chi connectivity index (χ0v) is 14.7. The Labute approximate surface area is 155 Å². The SMILES string of the molecule is COc1cccc(/C=C/C(=O)NCC2Cc3ccccc3O2)c1OC(F)F. The first-order valence-corrected chi connectivity index (χ1v) is 8.39. The highest BCUT2D eigenvalue weighted by Gasteiger charge is 2.22. The van der Waals surface area contributed by atoms with Crippen LogP contribution in [-0.4, -0.2) is 32.3 Å². The second-order valence-electron chi connectivity index (χ2n) is 5.89. The Balaban J connectivity index is 1.59. The Morgan fingerprint density at radius 3 is 2.85 bits per heavy atom. The Hall–Kier alpha value is -3.09. The van der Waals surface area contributed by atoms with Crippen LogP contribution in [0.4, 0.5) is 8.78 Å². The van der Waals surface area contributed by atoms with Gasteiger partial charge in [0.1, 0.15) is 11.9 Å². The van der Waals surface area contributed by atoms with Gasteiger partial charge in [-0.2, -0.15) is 8.78 Å². The molecule has 1 N–H and O–H groups in total. The molecule has 1 heterocycles. The van der Waals surface area contributed by atoms with Crippen LogP contribution in [-0.2, 0) is 11.2 Å². The summed E-state index contributed by atoms with van der Waals surface area (Å²) in [5.74, 6) is 0.515. The first kappa shape index (κ1) is 18.7. The summed E-state index contributed by atoms with van der Waals surface area (Å²) < 4.78 is 40.6. The molecule has 0 fully saturated rings. The lowest BCUT2D eigenvalue weighted by atomic mass is 10.1. The normalized spacial score (nSPS) is 15.5. The molecule has 0 aliphatic carbocycles. The fourth-order valence-corrected chi connectivity index (χ4v) is 2.85. The Kier molecular flexibility index (Phi) is 5.90. The summed E-state index contributed by atoms with van der Waals surface area (Å²) >= 11 is 0. The van der Waals surface area contributed by atoms with Crippen molar-refractivity contribution in [3.63, 3.8) is 0 Å². The summed E-state index contributed by atoms with van der Waals surface area (Å²) in [6.45, 7) is -2.65. The number of hydrogen-bond donors (Lipinski definition) is 1. The molecule has 5 nitrogen and oxygen atoms in total. The number of para-hydroxylation sites is 2. The monoisotopic (exact) mass is 375 g/mol. The first-order valence-electron chi connectivity index (χ1n) is 8.39. The number of nitrogens with one attached hydrogen (secondary N) is 1. The van der Waals surface area contributed by atoms with E-state index in [0.29, 0.717) is 12.1 Å². The molecular formula is C20H19F2NO4. The van der Waals surface area contributed by atoms with Crippen molar-refractivity contribution >= 4 is 12.0 Å². The van der Waals surface area contributed by atoms with Crippen LogP contribution >= 0.6 is 0 Å². The van der Waals surface area contributed by atoms with Crippen LogP contribution in [0.3, 0.4) is 0 Å². The van der Waals surface area contributed by atoms with Gasteiger partial charge in [-0.3, -0.25) is 4.79 Å². The van der Waals surface area contributed by atoms with Crippen LogP contribution in [0.15, 0.2) is 48.5 Å². The van der Waals surface area contributed by atoms with Gasteiger partial charge in [0.25, 0.3) is 0 Å². The molecule has 1 aliphatic heterocycles. The minimum atomic E-state index is -3.00. The molecule has 2 aromatic rings. The topological polar surface area (TPSA) is 56.8 Å². The summed E-state index contributed by atoms with van der Waals surface area (Å²) in [4.78, 5) is 12.1. The highest BCUT2D eigenvalue weighted by Crippen LogP contribution is 2.33. The molecule has 3 rings (SSSR count). The van der Waals surface area contributed by atoms with E-state index >= 15 is 0 Å². The van der Waals surface area contributed by atoms with E-state index in [2.05, 4.69) is 10.1 Å². The number of carbonyl (C=O) groups is 1. The van der Waals surface area contributed by atoms with E-state index in [9.17, 15) is 13.6 Å². The molecule has 0 aromatic heterocycles. The van der Waals surface area contributed by atoms with Gasteiger partial charge in [-0.15, -0.1) is 0 Å². The van der Waals surface area contributed by atoms with Crippen molar-refractivity contribution in [3.05, 3.63) is 59.7 Å². The van der Waals surface area contributed by atoms with E-state index in [-0.39, 0.29) is 23.5 Å². The molecule has 7 heteroatoms. The van der Waals surface area contributed by atoms with Crippen molar-refractivity contribution in [2.75, 3.05) is 13.7 Å². The Morgan fingerprint density at radius 2 is 2.11 bits per heavy atom. The molecule has 1 amide bonds. The van der Waals surface area contributed by atoms with Crippen LogP contribution in [0.2, 0.25) is 0 Å². The predicted molar refractivity (Wildman–Crippen MR) is 96.2 cm³/mol. The van der Waals surface area contributed by atoms with Gasteiger partial charge < -0.3 is 19.5 Å². The molecule has 1 aliphatic rings. The zero-order chi connectivity index (χ0) is 19.2. The standard InChI is InChI=1S/C20H19F2NO4/c1-25-17-8-4-6-13(19(17)27-20(21)22)9-10-18(24)23-12-15-11-14-5-2-3-7-16(14)26-15/h2-10,15,20H,11-12H2,1H3,(H,23,24)/b10-9+. The van der Waals surface area contributed by atoms with E-state index in [1.165, 1.54) is 25.3 Å². The van der Waals surface area contributed by atoms with Crippen molar-refractivity contribution in [2.24, 2.45) is 0 Å². The van der Waals surface area contributed by atoms with Crippen molar-refractivity contribution in [1.29, 1.82) is 0 Å². The summed E-state index contributed by atoms with van der Waals surface area (Å²) in [5.41, 5.74) is 1.42. The van der Waals surface area contributed by atoms with Crippen LogP contribution in [0.1, 0.15) is 11.1 Å². The van der Waals surface area contributed by atoms with Gasteiger partial charge in [-0.05, 0) is 23.8 Å². The zero-order valence-electron chi connectivity index (χ0n) is 14.7. The highest BCUT2D eigenvalue weighted by molar-refractivity contribution is 5.92. The summed E-state index contributed by atoms with van der Waals surface area (Å²) in [6.07, 6.45) is 3.26. The molecule has 0 spiro atoms. The summed E-state index contributed by atoms with van der Waals surface area (Å²) in [5, 5.41) is 2.75. The average Bonchev–Trinajstić information content (AvgIpc) is 3.08. The number of ether oxygens (including phenoxy) is 3. The third kappa shape index (κ3) is 4.75. The second-order valence-corrected chi connectivity index (χ2v) is 5.89. The molecule has 0 saturated heterocycles. The molecule has 1 unspecified atom stereocenters. The van der Waals surface area contributed by atoms with Crippen LogP contribution in [0.25, 0.3) is 6.08 Å². The maximum absolute atomic E-state index is 12.6. The van der Waals surface area contributed by atoms with E-state index in [0.717, 1.165) is 17.7 Å². The number of alkyl halides is 2. The third-order valence-corrected chi connectivity index (χ3v) is 4.07. The average molecular weight is 375 g/mol. The number of carbonyl (C=O) groups excluding carboxylic acids is 1. The number of halogens is 2. The molecule has 1 atom stereocenters. The molecule has 0 radical (unpaired) electrons. The fourth-order valence-electron chi connectivity index (χ4n) is 2.85. The lowest BCUT2D eigenvalue weighted by molar-refractivity contribution is -0.116. The maximum Gasteiger partial charge on any atom is 0.387 e. The van der Waals surface area contributed by atoms with Gasteiger partial charge in [0, 0.05) is 18.1 Å². The third-order valence-electron chi connectivity index (χ3n) is 4.07. The lowest BCUT2D eigenvalue weighted by Gasteiger charge is -2.12. The van der Waals surface area contributed by atoms with Crippen molar-refractivity contribution < 1.29 is 27.8 Å². The fraction of sp³-hybridized carbons (Fsp3) is 0.250. The Morgan fingerprint density at radius 1 is 1.30 bits per heavy atom. The molecule has 2 aromatic carbocycles. The van der Waals surface area contributed by atoms with Gasteiger partial charge >= 0.3 is 6.61 Å². The second kappa shape index (κ2) is 8.53. The largest absolute Gasteiger partial charge is 0.493 e. The highest BCUT2D eigenvalue weighted by atomic mass is 19.3. The van der Waals surface area contributed by atoms with Crippen molar-refractivity contribution in [3.8, 4) is 17.2 Å². The molecule has 0 saturated carbocycles. The van der Waals surface area contributed by atoms with Gasteiger partial charge in [0.05, 0.1) is 13.7 Å². The van der Waals surface area contributed by atoms with E-state index in [4.69, 9.17) is 9.47 Å². The predicted octanol–water partition coefficient (Wildman–Crippen LogP) is 3.43. The Bertz CT molecular complexity index is 813. The molecule has 142 valence electrons.